The number of aromatic nitrogens is 3. The molecule has 0 saturated heterocycles. The summed E-state index contributed by atoms with van der Waals surface area (Å²) >= 11 is 8.11. The Hall–Kier alpha value is -3.49. The van der Waals surface area contributed by atoms with E-state index in [2.05, 4.69) is 26.3 Å². The van der Waals surface area contributed by atoms with Gasteiger partial charge < -0.3 is 29.0 Å². The van der Waals surface area contributed by atoms with Gasteiger partial charge in [0.05, 0.1) is 35.0 Å². The lowest BCUT2D eigenvalue weighted by atomic mass is 10.1. The normalized spacial score (nSPS) is 11.1. The number of imidazole rings is 1. The smallest absolute Gasteiger partial charge is 0.172 e. The largest absolute Gasteiger partial charge is 0.490 e. The standard InChI is InChI=1S/C28H31ClN6O3S/c1-34(2)9-5-11-37-25-16-23-21(15-24(25)38-13-12-36-4)27(19(17-30)18-32-23)33-20-6-7-26(22(29)14-20)39-28-31-8-10-35(28)3/h6-8,10,14-16,18H,5,9,11-13H2,1-4H3,(H,32,33). The van der Waals surface area contributed by atoms with Crippen LogP contribution in [-0.2, 0) is 11.8 Å². The second-order valence-corrected chi connectivity index (χ2v) is 10.4. The molecule has 39 heavy (non-hydrogen) atoms. The quantitative estimate of drug-likeness (QED) is 0.203. The Kier molecular flexibility index (Phi) is 9.90. The Balaban J connectivity index is 1.66. The molecule has 0 bridgehead atoms. The van der Waals surface area contributed by atoms with E-state index < -0.39 is 0 Å². The van der Waals surface area contributed by atoms with Crippen molar-refractivity contribution in [2.45, 2.75) is 16.5 Å². The van der Waals surface area contributed by atoms with Crippen molar-refractivity contribution in [3.63, 3.8) is 0 Å². The van der Waals surface area contributed by atoms with Crippen LogP contribution >= 0.6 is 23.4 Å². The fraction of sp³-hybridized carbons (Fsp3) is 0.321. The number of hydrogen-bond acceptors (Lipinski definition) is 9. The van der Waals surface area contributed by atoms with E-state index in [0.29, 0.717) is 53.1 Å². The molecule has 2 aromatic carbocycles. The van der Waals surface area contributed by atoms with Crippen LogP contribution in [0.4, 0.5) is 11.4 Å². The molecule has 11 heteroatoms. The van der Waals surface area contributed by atoms with Crippen LogP contribution in [-0.4, -0.2) is 67.0 Å². The Morgan fingerprint density at radius 1 is 1.10 bits per heavy atom. The average molecular weight is 567 g/mol. The van der Waals surface area contributed by atoms with Gasteiger partial charge in [-0.3, -0.25) is 4.98 Å². The molecular weight excluding hydrogens is 536 g/mol. The molecular formula is C28H31ClN6O3S. The van der Waals surface area contributed by atoms with Gasteiger partial charge in [0.1, 0.15) is 12.7 Å². The number of hydrogen-bond donors (Lipinski definition) is 1. The highest BCUT2D eigenvalue weighted by molar-refractivity contribution is 7.99. The highest BCUT2D eigenvalue weighted by Crippen LogP contribution is 2.39. The number of nitriles is 1. The third kappa shape index (κ3) is 7.34. The summed E-state index contributed by atoms with van der Waals surface area (Å²) in [6.45, 7) is 2.23. The first-order valence-corrected chi connectivity index (χ1v) is 13.6. The molecule has 2 aromatic heterocycles. The lowest BCUT2D eigenvalue weighted by molar-refractivity contribution is 0.143. The molecule has 2 heterocycles. The molecule has 0 fully saturated rings. The van der Waals surface area contributed by atoms with E-state index in [9.17, 15) is 5.26 Å². The summed E-state index contributed by atoms with van der Waals surface area (Å²) < 4.78 is 19.2. The van der Waals surface area contributed by atoms with Gasteiger partial charge in [-0.15, -0.1) is 0 Å². The molecule has 0 saturated carbocycles. The zero-order valence-corrected chi connectivity index (χ0v) is 24.0. The maximum absolute atomic E-state index is 9.86. The summed E-state index contributed by atoms with van der Waals surface area (Å²) in [7, 11) is 7.62. The fourth-order valence-electron chi connectivity index (χ4n) is 3.80. The van der Waals surface area contributed by atoms with Crippen molar-refractivity contribution in [1.82, 2.24) is 19.4 Å². The number of nitrogens with zero attached hydrogens (tertiary/aromatic N) is 5. The highest BCUT2D eigenvalue weighted by Gasteiger charge is 2.16. The molecule has 0 aliphatic heterocycles. The van der Waals surface area contributed by atoms with Gasteiger partial charge in [0.25, 0.3) is 0 Å². The highest BCUT2D eigenvalue weighted by atomic mass is 35.5. The number of halogens is 1. The van der Waals surface area contributed by atoms with Crippen molar-refractivity contribution >= 4 is 45.6 Å². The van der Waals surface area contributed by atoms with Crippen molar-refractivity contribution in [2.24, 2.45) is 7.05 Å². The van der Waals surface area contributed by atoms with Crippen molar-refractivity contribution in [2.75, 3.05) is 52.9 Å². The van der Waals surface area contributed by atoms with E-state index in [-0.39, 0.29) is 0 Å². The topological polar surface area (TPSA) is 97.5 Å². The van der Waals surface area contributed by atoms with E-state index in [1.54, 1.807) is 19.5 Å². The van der Waals surface area contributed by atoms with E-state index in [4.69, 9.17) is 25.8 Å². The zero-order chi connectivity index (χ0) is 27.8. The average Bonchev–Trinajstić information content (AvgIpc) is 3.32. The molecule has 9 nitrogen and oxygen atoms in total. The van der Waals surface area contributed by atoms with E-state index >= 15 is 0 Å². The molecule has 0 amide bonds. The van der Waals surface area contributed by atoms with Crippen molar-refractivity contribution in [3.8, 4) is 17.6 Å². The summed E-state index contributed by atoms with van der Waals surface area (Å²) in [6, 6.07) is 11.6. The van der Waals surface area contributed by atoms with Crippen LogP contribution in [0.2, 0.25) is 5.02 Å². The van der Waals surface area contributed by atoms with E-state index in [1.807, 2.05) is 62.2 Å². The summed E-state index contributed by atoms with van der Waals surface area (Å²) in [4.78, 5) is 11.9. The van der Waals surface area contributed by atoms with Gasteiger partial charge in [0.2, 0.25) is 0 Å². The number of rotatable bonds is 13. The molecule has 0 atom stereocenters. The summed E-state index contributed by atoms with van der Waals surface area (Å²) in [6.07, 6.45) is 6.06. The Labute approximate surface area is 237 Å². The first kappa shape index (κ1) is 28.5. The lowest BCUT2D eigenvalue weighted by Crippen LogP contribution is -2.15. The number of anilines is 2. The molecule has 204 valence electrons. The lowest BCUT2D eigenvalue weighted by Gasteiger charge is -2.17. The van der Waals surface area contributed by atoms with Crippen molar-refractivity contribution in [1.29, 1.82) is 5.26 Å². The van der Waals surface area contributed by atoms with Crippen LogP contribution in [0.3, 0.4) is 0 Å². The predicted octanol–water partition coefficient (Wildman–Crippen LogP) is 5.74. The van der Waals surface area contributed by atoms with Gasteiger partial charge in [-0.2, -0.15) is 5.26 Å². The van der Waals surface area contributed by atoms with Crippen molar-refractivity contribution in [3.05, 3.63) is 59.5 Å². The number of pyridine rings is 1. The van der Waals surface area contributed by atoms with E-state index in [0.717, 1.165) is 34.1 Å². The maximum atomic E-state index is 9.86. The second-order valence-electron chi connectivity index (χ2n) is 9.01. The van der Waals surface area contributed by atoms with Gasteiger partial charge in [-0.1, -0.05) is 23.4 Å². The van der Waals surface area contributed by atoms with Gasteiger partial charge in [0.15, 0.2) is 16.7 Å². The fourth-order valence-corrected chi connectivity index (χ4v) is 4.90. The number of methoxy groups -OCH3 is 1. The molecule has 0 aliphatic carbocycles. The predicted molar refractivity (Wildman–Crippen MR) is 155 cm³/mol. The van der Waals surface area contributed by atoms with Crippen molar-refractivity contribution < 1.29 is 14.2 Å². The third-order valence-corrected chi connectivity index (χ3v) is 7.36. The SMILES string of the molecule is COCCOc1cc2c(Nc3ccc(Sc4nccn4C)c(Cl)c3)c(C#N)cnc2cc1OCCCN(C)C. The maximum Gasteiger partial charge on any atom is 0.172 e. The second kappa shape index (κ2) is 13.5. The number of aryl methyl sites for hydroxylation is 1. The zero-order valence-electron chi connectivity index (χ0n) is 22.4. The Morgan fingerprint density at radius 3 is 2.59 bits per heavy atom. The first-order chi connectivity index (χ1) is 18.9. The Bertz CT molecular complexity index is 1470. The van der Waals surface area contributed by atoms with Gasteiger partial charge >= 0.3 is 0 Å². The van der Waals surface area contributed by atoms with Gasteiger partial charge in [-0.25, -0.2) is 4.98 Å². The van der Waals surface area contributed by atoms with E-state index in [1.165, 1.54) is 11.8 Å². The number of nitrogens with one attached hydrogen (secondary N) is 1. The third-order valence-electron chi connectivity index (χ3n) is 5.79. The van der Waals surface area contributed by atoms with Gasteiger partial charge in [-0.05, 0) is 44.8 Å². The van der Waals surface area contributed by atoms with Crippen LogP contribution in [0.1, 0.15) is 12.0 Å². The van der Waals surface area contributed by atoms with Crippen LogP contribution < -0.4 is 14.8 Å². The Morgan fingerprint density at radius 2 is 1.90 bits per heavy atom. The number of ether oxygens (including phenoxy) is 3. The monoisotopic (exact) mass is 566 g/mol. The van der Waals surface area contributed by atoms with Crippen LogP contribution in [0.5, 0.6) is 11.5 Å². The van der Waals surface area contributed by atoms with Crippen LogP contribution in [0.15, 0.2) is 59.0 Å². The molecule has 1 N–H and O–H groups in total. The van der Waals surface area contributed by atoms with Crippen LogP contribution in [0.25, 0.3) is 10.9 Å². The summed E-state index contributed by atoms with van der Waals surface area (Å²) in [5.74, 6) is 1.16. The molecule has 0 unspecified atom stereocenters. The number of benzene rings is 2. The molecule has 0 aliphatic rings. The van der Waals surface area contributed by atoms with Gasteiger partial charge in [0, 0.05) is 61.3 Å². The first-order valence-electron chi connectivity index (χ1n) is 12.4. The minimum Gasteiger partial charge on any atom is -0.490 e. The minimum atomic E-state index is 0.356. The molecule has 0 radical (unpaired) electrons. The molecule has 4 rings (SSSR count). The summed E-state index contributed by atoms with van der Waals surface area (Å²) in [5, 5.41) is 15.4. The van der Waals surface area contributed by atoms with Crippen LogP contribution in [0, 0.1) is 11.3 Å². The molecule has 4 aromatic rings. The minimum absolute atomic E-state index is 0.356. The number of fused-ring (bicyclic) bond motifs is 1. The summed E-state index contributed by atoms with van der Waals surface area (Å²) in [5.41, 5.74) is 2.41. The molecule has 0 spiro atoms.